The van der Waals surface area contributed by atoms with Gasteiger partial charge in [0.05, 0.1) is 15.7 Å². The predicted molar refractivity (Wildman–Crippen MR) is 140 cm³/mol. The first kappa shape index (κ1) is 23.4. The highest BCUT2D eigenvalue weighted by Crippen LogP contribution is 2.28. The molecule has 6 heteroatoms. The minimum atomic E-state index is -0.0868. The molecule has 0 radical (unpaired) electrons. The van der Waals surface area contributed by atoms with Crippen molar-refractivity contribution in [3.63, 3.8) is 0 Å². The minimum Gasteiger partial charge on any atom is -0.322 e. The molecule has 1 N–H and O–H groups in total. The van der Waals surface area contributed by atoms with E-state index in [1.807, 2.05) is 35.8 Å². The fourth-order valence-electron chi connectivity index (χ4n) is 4.44. The Labute approximate surface area is 205 Å². The van der Waals surface area contributed by atoms with Crippen LogP contribution in [0.4, 0.5) is 5.69 Å². The number of amides is 1. The molecule has 0 aliphatic carbocycles. The van der Waals surface area contributed by atoms with Gasteiger partial charge in [0.15, 0.2) is 0 Å². The van der Waals surface area contributed by atoms with Crippen LogP contribution >= 0.6 is 23.7 Å². The lowest BCUT2D eigenvalue weighted by Gasteiger charge is -2.22. The number of nitrogens with one attached hydrogen (secondary N) is 1. The van der Waals surface area contributed by atoms with Crippen LogP contribution in [0.1, 0.15) is 41.6 Å². The summed E-state index contributed by atoms with van der Waals surface area (Å²) >= 11 is 1.60. The number of carbonyl (C=O) groups is 1. The Kier molecular flexibility index (Phi) is 7.76. The summed E-state index contributed by atoms with van der Waals surface area (Å²) in [6.45, 7) is 3.12. The van der Waals surface area contributed by atoms with E-state index in [0.717, 1.165) is 35.5 Å². The smallest absolute Gasteiger partial charge is 0.255 e. The maximum absolute atomic E-state index is 13.1. The first-order valence-electron chi connectivity index (χ1n) is 11.3. The van der Waals surface area contributed by atoms with E-state index in [1.54, 1.807) is 11.3 Å². The molecule has 170 valence electrons. The van der Waals surface area contributed by atoms with Crippen LogP contribution < -0.4 is 5.32 Å². The second-order valence-electron chi connectivity index (χ2n) is 8.42. The van der Waals surface area contributed by atoms with Crippen molar-refractivity contribution in [1.29, 1.82) is 0 Å². The predicted octanol–water partition coefficient (Wildman–Crippen LogP) is 7.01. The summed E-state index contributed by atoms with van der Waals surface area (Å²) < 4.78 is 1.12. The molecule has 4 aromatic rings. The quantitative estimate of drug-likeness (QED) is 0.336. The number of fused-ring (bicyclic) bond motifs is 1. The zero-order chi connectivity index (χ0) is 21.8. The Morgan fingerprint density at radius 1 is 0.939 bits per heavy atom. The van der Waals surface area contributed by atoms with E-state index in [2.05, 4.69) is 51.6 Å². The van der Waals surface area contributed by atoms with Gasteiger partial charge >= 0.3 is 0 Å². The van der Waals surface area contributed by atoms with E-state index in [4.69, 9.17) is 0 Å². The van der Waals surface area contributed by atoms with Crippen LogP contribution in [0.15, 0.2) is 72.2 Å². The van der Waals surface area contributed by atoms with Crippen molar-refractivity contribution in [3.05, 3.63) is 83.4 Å². The molecule has 2 heterocycles. The lowest BCUT2D eigenvalue weighted by Crippen LogP contribution is -2.24. The standard InChI is InChI=1S/C27H27N3OS.ClH/c31-27(29-23-11-13-26-25(17-23)28-19-32-26)21-10-12-24(20-8-4-3-5-9-20)22(16-21)18-30-14-6-1-2-7-15-30;/h3-5,8-13,16-17,19H,1-2,6-7,14-15,18H2,(H,29,31);1H. The zero-order valence-electron chi connectivity index (χ0n) is 18.5. The molecule has 0 atom stereocenters. The number of halogens is 1. The second kappa shape index (κ2) is 10.9. The Hall–Kier alpha value is -2.73. The van der Waals surface area contributed by atoms with Gasteiger partial charge in [-0.2, -0.15) is 0 Å². The Morgan fingerprint density at radius 2 is 1.73 bits per heavy atom. The molecule has 0 saturated carbocycles. The SMILES string of the molecule is Cl.O=C(Nc1ccc2scnc2c1)c1ccc(-c2ccccc2)c(CN2CCCCCC2)c1. The number of likely N-dealkylation sites (tertiary alicyclic amines) is 1. The van der Waals surface area contributed by atoms with E-state index >= 15 is 0 Å². The number of benzene rings is 3. The van der Waals surface area contributed by atoms with Gasteiger partial charge in [0.25, 0.3) is 5.91 Å². The number of thiazole rings is 1. The van der Waals surface area contributed by atoms with Gasteiger partial charge in [-0.1, -0.05) is 49.2 Å². The fourth-order valence-corrected chi connectivity index (χ4v) is 5.10. The number of anilines is 1. The van der Waals surface area contributed by atoms with Crippen LogP contribution in [-0.4, -0.2) is 28.9 Å². The zero-order valence-corrected chi connectivity index (χ0v) is 20.1. The van der Waals surface area contributed by atoms with Crippen molar-refractivity contribution >= 4 is 45.6 Å². The molecule has 5 rings (SSSR count). The third-order valence-corrected chi connectivity index (χ3v) is 6.94. The molecule has 33 heavy (non-hydrogen) atoms. The van der Waals surface area contributed by atoms with Crippen molar-refractivity contribution in [2.75, 3.05) is 18.4 Å². The first-order valence-corrected chi connectivity index (χ1v) is 12.2. The molecule has 1 amide bonds. The maximum Gasteiger partial charge on any atom is 0.255 e. The van der Waals surface area contributed by atoms with Crippen LogP contribution in [-0.2, 0) is 6.54 Å². The van der Waals surface area contributed by atoms with Crippen LogP contribution in [0.5, 0.6) is 0 Å². The number of hydrogen-bond donors (Lipinski definition) is 1. The molecule has 0 spiro atoms. The summed E-state index contributed by atoms with van der Waals surface area (Å²) in [5.41, 5.74) is 7.80. The van der Waals surface area contributed by atoms with Gasteiger partial charge in [0.1, 0.15) is 0 Å². The van der Waals surface area contributed by atoms with Crippen molar-refractivity contribution in [3.8, 4) is 11.1 Å². The van der Waals surface area contributed by atoms with Crippen LogP contribution in [0.25, 0.3) is 21.3 Å². The molecule has 0 bridgehead atoms. The molecule has 1 aliphatic heterocycles. The summed E-state index contributed by atoms with van der Waals surface area (Å²) in [6, 6.07) is 22.4. The van der Waals surface area contributed by atoms with E-state index in [9.17, 15) is 4.79 Å². The summed E-state index contributed by atoms with van der Waals surface area (Å²) in [5, 5.41) is 3.05. The monoisotopic (exact) mass is 477 g/mol. The molecule has 1 aliphatic rings. The van der Waals surface area contributed by atoms with Crippen LogP contribution in [0.2, 0.25) is 0 Å². The van der Waals surface area contributed by atoms with E-state index < -0.39 is 0 Å². The maximum atomic E-state index is 13.1. The summed E-state index contributed by atoms with van der Waals surface area (Å²) in [6.07, 6.45) is 5.13. The van der Waals surface area contributed by atoms with Gasteiger partial charge in [-0.15, -0.1) is 23.7 Å². The average molecular weight is 478 g/mol. The minimum absolute atomic E-state index is 0. The highest BCUT2D eigenvalue weighted by atomic mass is 35.5. The number of rotatable bonds is 5. The molecular formula is C27H28ClN3OS. The van der Waals surface area contributed by atoms with Gasteiger partial charge in [-0.05, 0) is 73.0 Å². The normalized spacial score (nSPS) is 14.4. The Morgan fingerprint density at radius 3 is 2.52 bits per heavy atom. The second-order valence-corrected chi connectivity index (χ2v) is 9.30. The van der Waals surface area contributed by atoms with Crippen LogP contribution in [0.3, 0.4) is 0 Å². The van der Waals surface area contributed by atoms with Gasteiger partial charge in [0.2, 0.25) is 0 Å². The molecule has 1 fully saturated rings. The van der Waals surface area contributed by atoms with Gasteiger partial charge < -0.3 is 5.32 Å². The molecular weight excluding hydrogens is 450 g/mol. The van der Waals surface area contributed by atoms with Gasteiger partial charge in [0, 0.05) is 17.8 Å². The number of nitrogens with zero attached hydrogens (tertiary/aromatic N) is 2. The summed E-state index contributed by atoms with van der Waals surface area (Å²) in [5.74, 6) is -0.0868. The highest BCUT2D eigenvalue weighted by molar-refractivity contribution is 7.16. The number of carbonyl (C=O) groups excluding carboxylic acids is 1. The van der Waals surface area contributed by atoms with Crippen molar-refractivity contribution in [1.82, 2.24) is 9.88 Å². The first-order chi connectivity index (χ1) is 15.8. The number of hydrogen-bond acceptors (Lipinski definition) is 4. The average Bonchev–Trinajstić information content (AvgIpc) is 3.14. The number of aromatic nitrogens is 1. The van der Waals surface area contributed by atoms with Crippen molar-refractivity contribution < 1.29 is 4.79 Å². The van der Waals surface area contributed by atoms with E-state index in [1.165, 1.54) is 42.4 Å². The summed E-state index contributed by atoms with van der Waals surface area (Å²) in [4.78, 5) is 20.0. The third kappa shape index (κ3) is 5.61. The topological polar surface area (TPSA) is 45.2 Å². The van der Waals surface area contributed by atoms with Crippen molar-refractivity contribution in [2.45, 2.75) is 32.2 Å². The molecule has 1 aromatic heterocycles. The molecule has 3 aromatic carbocycles. The van der Waals surface area contributed by atoms with E-state index in [-0.39, 0.29) is 18.3 Å². The lowest BCUT2D eigenvalue weighted by atomic mass is 9.96. The summed E-state index contributed by atoms with van der Waals surface area (Å²) in [7, 11) is 0. The van der Waals surface area contributed by atoms with Gasteiger partial charge in [-0.3, -0.25) is 9.69 Å². The third-order valence-electron chi connectivity index (χ3n) is 6.13. The fraction of sp³-hybridized carbons (Fsp3) is 0.259. The van der Waals surface area contributed by atoms with Gasteiger partial charge in [-0.25, -0.2) is 4.98 Å². The molecule has 1 saturated heterocycles. The molecule has 4 nitrogen and oxygen atoms in total. The van der Waals surface area contributed by atoms with Crippen LogP contribution in [0, 0.1) is 0 Å². The largest absolute Gasteiger partial charge is 0.322 e. The highest BCUT2D eigenvalue weighted by Gasteiger charge is 2.16. The lowest BCUT2D eigenvalue weighted by molar-refractivity contribution is 0.102. The molecule has 0 unspecified atom stereocenters. The van der Waals surface area contributed by atoms with E-state index in [0.29, 0.717) is 5.56 Å². The van der Waals surface area contributed by atoms with Crippen molar-refractivity contribution in [2.24, 2.45) is 0 Å². The Bertz CT molecular complexity index is 1220. The Balaban J connectivity index is 0.00000259.